The van der Waals surface area contributed by atoms with Crippen molar-refractivity contribution in [2.75, 3.05) is 6.61 Å². The van der Waals surface area contributed by atoms with E-state index in [0.29, 0.717) is 5.56 Å². The zero-order valence-corrected chi connectivity index (χ0v) is 18.7. The highest BCUT2D eigenvalue weighted by atomic mass is 32.1. The summed E-state index contributed by atoms with van der Waals surface area (Å²) in [5, 5.41) is 22.4. The van der Waals surface area contributed by atoms with Crippen molar-refractivity contribution in [3.05, 3.63) is 34.0 Å². The number of rotatable bonds is 10. The molecule has 1 aliphatic heterocycles. The van der Waals surface area contributed by atoms with Gasteiger partial charge >= 0.3 is 17.7 Å². The molecule has 2 unspecified atom stereocenters. The maximum atomic E-state index is 11.9. The molecule has 1 aromatic heterocycles. The van der Waals surface area contributed by atoms with Gasteiger partial charge in [-0.25, -0.2) is 9.59 Å². The number of nitrogens with two attached hydrogens (primary N) is 1. The highest BCUT2D eigenvalue weighted by Gasteiger charge is 2.57. The van der Waals surface area contributed by atoms with Gasteiger partial charge in [0.2, 0.25) is 0 Å². The Morgan fingerprint density at radius 2 is 1.65 bits per heavy atom. The van der Waals surface area contributed by atoms with Gasteiger partial charge < -0.3 is 19.7 Å². The number of thiophene rings is 1. The lowest BCUT2D eigenvalue weighted by Gasteiger charge is -2.40. The fraction of sp³-hybridized carbons (Fsp3) is 0.565. The van der Waals surface area contributed by atoms with Crippen LogP contribution in [0.3, 0.4) is 0 Å². The summed E-state index contributed by atoms with van der Waals surface area (Å²) in [5.41, 5.74) is 4.16. The Balaban J connectivity index is 1.97. The quantitative estimate of drug-likeness (QED) is 0.285. The fourth-order valence-corrected chi connectivity index (χ4v) is 4.12. The Morgan fingerprint density at radius 1 is 1.03 bits per heavy atom. The van der Waals surface area contributed by atoms with Crippen LogP contribution >= 0.6 is 11.3 Å². The van der Waals surface area contributed by atoms with Gasteiger partial charge in [-0.3, -0.25) is 5.73 Å². The van der Waals surface area contributed by atoms with Crippen LogP contribution in [-0.4, -0.2) is 34.5 Å². The summed E-state index contributed by atoms with van der Waals surface area (Å²) in [6.07, 6.45) is 12.2. The van der Waals surface area contributed by atoms with E-state index in [1.807, 2.05) is 0 Å². The van der Waals surface area contributed by atoms with E-state index in [9.17, 15) is 19.8 Å². The molecule has 31 heavy (non-hydrogen) atoms. The lowest BCUT2D eigenvalue weighted by atomic mass is 10.0. The van der Waals surface area contributed by atoms with Gasteiger partial charge in [0.1, 0.15) is 6.61 Å². The van der Waals surface area contributed by atoms with Gasteiger partial charge in [0, 0.05) is 29.5 Å². The lowest BCUT2D eigenvalue weighted by molar-refractivity contribution is -0.302. The minimum atomic E-state index is -2.55. The second kappa shape index (κ2) is 12.0. The molecule has 2 atom stereocenters. The summed E-state index contributed by atoms with van der Waals surface area (Å²) < 4.78 is 10.0. The largest absolute Gasteiger partial charge is 0.431 e. The Hall–Kier alpha value is -2.18. The van der Waals surface area contributed by atoms with Crippen LogP contribution < -0.4 is 5.73 Å². The van der Waals surface area contributed by atoms with Gasteiger partial charge in [-0.2, -0.15) is 0 Å². The molecular formula is C23H31NO6S. The molecule has 4 N–H and O–H groups in total. The van der Waals surface area contributed by atoms with Gasteiger partial charge in [0.05, 0.1) is 4.88 Å². The van der Waals surface area contributed by atoms with Crippen molar-refractivity contribution in [3.63, 3.8) is 0 Å². The first-order valence-corrected chi connectivity index (χ1v) is 11.6. The molecule has 7 nitrogen and oxygen atoms in total. The second-order valence-corrected chi connectivity index (χ2v) is 8.50. The monoisotopic (exact) mass is 449 g/mol. The molecule has 0 saturated heterocycles. The van der Waals surface area contributed by atoms with Gasteiger partial charge in [-0.15, -0.1) is 11.3 Å². The molecule has 8 heteroatoms. The normalized spacial score (nSPS) is 24.4. The Kier molecular flexibility index (Phi) is 9.72. The molecule has 0 amide bonds. The summed E-state index contributed by atoms with van der Waals surface area (Å²) in [7, 11) is 0. The van der Waals surface area contributed by atoms with Crippen molar-refractivity contribution in [2.45, 2.75) is 76.2 Å². The number of ether oxygens (including phenoxy) is 2. The molecule has 2 heterocycles. The molecule has 170 valence electrons. The Labute approximate surface area is 187 Å². The second-order valence-electron chi connectivity index (χ2n) is 7.59. The summed E-state index contributed by atoms with van der Waals surface area (Å²) in [5.74, 6) is 1.60. The van der Waals surface area contributed by atoms with Gasteiger partial charge in [0.25, 0.3) is 5.72 Å². The minimum Gasteiger partial charge on any atom is -0.431 e. The van der Waals surface area contributed by atoms with Crippen molar-refractivity contribution in [1.29, 1.82) is 0 Å². The van der Waals surface area contributed by atoms with E-state index in [4.69, 9.17) is 15.2 Å². The molecule has 0 fully saturated rings. The molecule has 0 aromatic carbocycles. The van der Waals surface area contributed by atoms with Crippen molar-refractivity contribution in [1.82, 2.24) is 0 Å². The average Bonchev–Trinajstić information content (AvgIpc) is 3.22. The van der Waals surface area contributed by atoms with E-state index < -0.39 is 30.1 Å². The van der Waals surface area contributed by atoms with E-state index in [1.165, 1.54) is 44.6 Å². The number of hydrogen-bond acceptors (Lipinski definition) is 8. The number of aliphatic hydroxyl groups is 2. The number of carbonyl (C=O) groups is 2. The van der Waals surface area contributed by atoms with Crippen LogP contribution in [0.5, 0.6) is 0 Å². The number of esters is 2. The molecule has 0 radical (unpaired) electrons. The summed E-state index contributed by atoms with van der Waals surface area (Å²) >= 11 is 1.04. The van der Waals surface area contributed by atoms with Crippen molar-refractivity contribution in [2.24, 2.45) is 5.73 Å². The molecule has 2 rings (SSSR count). The van der Waals surface area contributed by atoms with Gasteiger partial charge in [-0.05, 0) is 12.5 Å². The number of aliphatic hydroxyl groups excluding tert-OH is 1. The van der Waals surface area contributed by atoms with E-state index in [0.717, 1.165) is 42.8 Å². The highest BCUT2D eigenvalue weighted by molar-refractivity contribution is 7.10. The van der Waals surface area contributed by atoms with Crippen LogP contribution in [0, 0.1) is 11.8 Å². The molecule has 0 saturated carbocycles. The Morgan fingerprint density at radius 3 is 2.29 bits per heavy atom. The van der Waals surface area contributed by atoms with Gasteiger partial charge in [0.15, 0.2) is 0 Å². The first kappa shape index (κ1) is 25.1. The third-order valence-electron chi connectivity index (χ3n) is 5.02. The van der Waals surface area contributed by atoms with Crippen molar-refractivity contribution in [3.8, 4) is 11.8 Å². The summed E-state index contributed by atoms with van der Waals surface area (Å²) in [6, 6.07) is 1.51. The zero-order valence-electron chi connectivity index (χ0n) is 17.9. The van der Waals surface area contributed by atoms with Crippen molar-refractivity contribution < 1.29 is 29.3 Å². The van der Waals surface area contributed by atoms with Crippen LogP contribution in [0.25, 0.3) is 0 Å². The molecule has 0 bridgehead atoms. The standard InChI is InChI=1S/C23H31NO6S/c1-2-3-4-5-6-7-8-9-10-11-12-18-15-19(31-16-18)23(28)22(24,17-25)29-20(26)13-14-21(27)30-23/h13-16,25,28H,2-10,17,24H2,1H3/b14-13-. The maximum Gasteiger partial charge on any atom is 0.334 e. The molecule has 0 aliphatic carbocycles. The van der Waals surface area contributed by atoms with Gasteiger partial charge in [-0.1, -0.05) is 63.7 Å². The number of unbranched alkanes of at least 4 members (excludes halogenated alkanes) is 8. The average molecular weight is 450 g/mol. The molecular weight excluding hydrogens is 418 g/mol. The topological polar surface area (TPSA) is 119 Å². The van der Waals surface area contributed by atoms with Crippen LogP contribution in [0.15, 0.2) is 23.6 Å². The molecule has 0 spiro atoms. The first-order chi connectivity index (χ1) is 14.8. The predicted molar refractivity (Wildman–Crippen MR) is 118 cm³/mol. The van der Waals surface area contributed by atoms with E-state index >= 15 is 0 Å². The Bertz CT molecular complexity index is 839. The van der Waals surface area contributed by atoms with Crippen LogP contribution in [0.1, 0.15) is 75.2 Å². The van der Waals surface area contributed by atoms with Crippen LogP contribution in [0.2, 0.25) is 0 Å². The number of hydrogen-bond donors (Lipinski definition) is 3. The van der Waals surface area contributed by atoms with E-state index in [1.54, 1.807) is 5.38 Å². The first-order valence-electron chi connectivity index (χ1n) is 10.7. The number of cyclic esters (lactones) is 2. The third kappa shape index (κ3) is 6.91. The van der Waals surface area contributed by atoms with Crippen LogP contribution in [0.4, 0.5) is 0 Å². The van der Waals surface area contributed by atoms with E-state index in [2.05, 4.69) is 18.8 Å². The number of carbonyl (C=O) groups excluding carboxylic acids is 2. The highest BCUT2D eigenvalue weighted by Crippen LogP contribution is 2.38. The maximum absolute atomic E-state index is 11.9. The minimum absolute atomic E-state index is 0.0943. The zero-order chi connectivity index (χ0) is 22.7. The predicted octanol–water partition coefficient (Wildman–Crippen LogP) is 3.08. The third-order valence-corrected chi connectivity index (χ3v) is 6.04. The summed E-state index contributed by atoms with van der Waals surface area (Å²) in [4.78, 5) is 23.8. The summed E-state index contributed by atoms with van der Waals surface area (Å²) in [6.45, 7) is 1.25. The molecule has 1 aliphatic rings. The van der Waals surface area contributed by atoms with E-state index in [-0.39, 0.29) is 4.88 Å². The van der Waals surface area contributed by atoms with Crippen LogP contribution in [-0.2, 0) is 24.8 Å². The lowest BCUT2D eigenvalue weighted by Crippen LogP contribution is -2.65. The van der Waals surface area contributed by atoms with Crippen molar-refractivity contribution >= 4 is 23.3 Å². The smallest absolute Gasteiger partial charge is 0.334 e. The SMILES string of the molecule is CCCCCCCCCCC#Cc1csc(C2(O)OC(=O)/C=C\C(=O)OC2(N)CO)c1. The fourth-order valence-electron chi connectivity index (χ4n) is 3.17. The molecule has 1 aromatic rings.